The summed E-state index contributed by atoms with van der Waals surface area (Å²) in [5, 5.41) is 10.4. The van der Waals surface area contributed by atoms with Crippen molar-refractivity contribution in [1.29, 1.82) is 0 Å². The summed E-state index contributed by atoms with van der Waals surface area (Å²) in [6, 6.07) is 15.5. The van der Waals surface area contributed by atoms with Gasteiger partial charge >= 0.3 is 5.97 Å². The Labute approximate surface area is 151 Å². The van der Waals surface area contributed by atoms with E-state index in [0.29, 0.717) is 17.9 Å². The Hall–Kier alpha value is -3.08. The van der Waals surface area contributed by atoms with Crippen LogP contribution in [-0.4, -0.2) is 28.0 Å². The first-order valence-corrected chi connectivity index (χ1v) is 8.60. The van der Waals surface area contributed by atoms with Gasteiger partial charge in [0.25, 0.3) is 0 Å². The number of rotatable bonds is 6. The molecule has 0 bridgehead atoms. The number of ether oxygens (including phenoxy) is 1. The van der Waals surface area contributed by atoms with Crippen LogP contribution in [0.3, 0.4) is 0 Å². The van der Waals surface area contributed by atoms with E-state index in [9.17, 15) is 14.7 Å². The summed E-state index contributed by atoms with van der Waals surface area (Å²) in [5.74, 6) is -0.338. The van der Waals surface area contributed by atoms with E-state index in [2.05, 4.69) is 0 Å². The molecule has 134 valence electrons. The number of hydrogen-bond acceptors (Lipinski definition) is 4. The van der Waals surface area contributed by atoms with E-state index in [0.717, 1.165) is 10.9 Å². The summed E-state index contributed by atoms with van der Waals surface area (Å²) in [6.07, 6.45) is 0.183. The number of ketones is 1. The van der Waals surface area contributed by atoms with E-state index in [1.807, 2.05) is 41.8 Å². The lowest BCUT2D eigenvalue weighted by Crippen LogP contribution is -2.17. The number of nitrogens with zero attached hydrogens (tertiary/aromatic N) is 1. The lowest BCUT2D eigenvalue weighted by molar-refractivity contribution is -0.143. The maximum absolute atomic E-state index is 13.0. The number of phenols is 1. The smallest absolute Gasteiger partial charge is 0.307 e. The van der Waals surface area contributed by atoms with Crippen molar-refractivity contribution < 1.29 is 19.4 Å². The first-order valence-electron chi connectivity index (χ1n) is 8.60. The predicted octanol–water partition coefficient (Wildman–Crippen LogP) is 4.09. The maximum atomic E-state index is 13.0. The molecular weight excluding hydrogens is 330 g/mol. The zero-order chi connectivity index (χ0) is 18.7. The average molecular weight is 351 g/mol. The van der Waals surface area contributed by atoms with Crippen LogP contribution in [0, 0.1) is 0 Å². The van der Waals surface area contributed by atoms with Crippen LogP contribution in [0.4, 0.5) is 0 Å². The lowest BCUT2D eigenvalue weighted by atomic mass is 10.1. The molecule has 0 aliphatic heterocycles. The first-order chi connectivity index (χ1) is 12.5. The van der Waals surface area contributed by atoms with Crippen molar-refractivity contribution >= 4 is 22.7 Å². The number of carbonyl (C=O) groups excluding carboxylic acids is 2. The van der Waals surface area contributed by atoms with Crippen molar-refractivity contribution in [3.8, 4) is 5.75 Å². The average Bonchev–Trinajstić information content (AvgIpc) is 3.01. The molecule has 0 aliphatic rings. The number of aromatic nitrogens is 1. The van der Waals surface area contributed by atoms with Gasteiger partial charge in [0.05, 0.1) is 18.7 Å². The second kappa shape index (κ2) is 7.44. The summed E-state index contributed by atoms with van der Waals surface area (Å²) in [6.45, 7) is 4.00. The number of carbonyl (C=O) groups is 2. The van der Waals surface area contributed by atoms with Gasteiger partial charge in [-0.3, -0.25) is 9.59 Å². The van der Waals surface area contributed by atoms with E-state index in [1.165, 1.54) is 12.1 Å². The highest BCUT2D eigenvalue weighted by molar-refractivity contribution is 6.10. The molecule has 1 N–H and O–H groups in total. The van der Waals surface area contributed by atoms with Crippen LogP contribution in [0.15, 0.2) is 54.6 Å². The molecule has 3 aromatic rings. The third-order valence-electron chi connectivity index (χ3n) is 4.32. The van der Waals surface area contributed by atoms with Crippen molar-refractivity contribution in [2.45, 2.75) is 26.3 Å². The van der Waals surface area contributed by atoms with E-state index >= 15 is 0 Å². The Kier molecular flexibility index (Phi) is 5.07. The SMILES string of the molecule is CCOC(=O)CC(C)n1c(C(=O)c2ccc(O)cc2)cc2ccccc21. The molecule has 1 atom stereocenters. The molecule has 1 aromatic heterocycles. The van der Waals surface area contributed by atoms with Crippen LogP contribution < -0.4 is 0 Å². The zero-order valence-electron chi connectivity index (χ0n) is 14.8. The Bertz CT molecular complexity index is 940. The molecule has 0 spiro atoms. The number of esters is 1. The Morgan fingerprint density at radius 2 is 1.81 bits per heavy atom. The number of para-hydroxylation sites is 1. The Balaban J connectivity index is 2.05. The molecule has 5 nitrogen and oxygen atoms in total. The van der Waals surface area contributed by atoms with Gasteiger partial charge in [-0.25, -0.2) is 0 Å². The number of hydrogen-bond donors (Lipinski definition) is 1. The van der Waals surface area contributed by atoms with E-state index < -0.39 is 0 Å². The van der Waals surface area contributed by atoms with E-state index in [1.54, 1.807) is 19.1 Å². The molecular formula is C21H21NO4. The summed E-state index contributed by atoms with van der Waals surface area (Å²) in [5.41, 5.74) is 1.88. The minimum Gasteiger partial charge on any atom is -0.508 e. The second-order valence-corrected chi connectivity index (χ2v) is 6.19. The highest BCUT2D eigenvalue weighted by atomic mass is 16.5. The van der Waals surface area contributed by atoms with Crippen molar-refractivity contribution in [3.63, 3.8) is 0 Å². The van der Waals surface area contributed by atoms with Gasteiger partial charge in [-0.1, -0.05) is 18.2 Å². The Morgan fingerprint density at radius 1 is 1.12 bits per heavy atom. The molecule has 0 saturated carbocycles. The first kappa shape index (κ1) is 17.7. The van der Waals surface area contributed by atoms with Crippen molar-refractivity contribution in [2.24, 2.45) is 0 Å². The number of aromatic hydroxyl groups is 1. The van der Waals surface area contributed by atoms with Crippen molar-refractivity contribution in [1.82, 2.24) is 4.57 Å². The van der Waals surface area contributed by atoms with Gasteiger partial charge in [0.15, 0.2) is 0 Å². The fraction of sp³-hybridized carbons (Fsp3) is 0.238. The van der Waals surface area contributed by atoms with Gasteiger partial charge in [-0.15, -0.1) is 0 Å². The summed E-state index contributed by atoms with van der Waals surface area (Å²) < 4.78 is 6.95. The topological polar surface area (TPSA) is 68.5 Å². The van der Waals surface area contributed by atoms with Crippen LogP contribution in [0.1, 0.15) is 42.4 Å². The largest absolute Gasteiger partial charge is 0.508 e. The van der Waals surface area contributed by atoms with E-state index in [-0.39, 0.29) is 30.0 Å². The second-order valence-electron chi connectivity index (χ2n) is 6.19. The molecule has 1 heterocycles. The molecule has 0 aliphatic carbocycles. The van der Waals surface area contributed by atoms with Crippen LogP contribution in [0.2, 0.25) is 0 Å². The monoisotopic (exact) mass is 351 g/mol. The molecule has 0 fully saturated rings. The standard InChI is InChI=1S/C21H21NO4/c1-3-26-20(24)12-14(2)22-18-7-5-4-6-16(18)13-19(22)21(25)15-8-10-17(23)11-9-15/h4-11,13-14,23H,3,12H2,1-2H3. The third-order valence-corrected chi connectivity index (χ3v) is 4.32. The van der Waals surface area contributed by atoms with Crippen LogP contribution in [-0.2, 0) is 9.53 Å². The highest BCUT2D eigenvalue weighted by Crippen LogP contribution is 2.28. The van der Waals surface area contributed by atoms with Gasteiger partial charge in [0, 0.05) is 22.5 Å². The van der Waals surface area contributed by atoms with Gasteiger partial charge in [-0.2, -0.15) is 0 Å². The van der Waals surface area contributed by atoms with Gasteiger partial charge in [0.1, 0.15) is 5.75 Å². The molecule has 2 aromatic carbocycles. The van der Waals surface area contributed by atoms with Gasteiger partial charge in [0.2, 0.25) is 5.78 Å². The summed E-state index contributed by atoms with van der Waals surface area (Å²) in [4.78, 5) is 25.0. The van der Waals surface area contributed by atoms with Crippen LogP contribution in [0.5, 0.6) is 5.75 Å². The van der Waals surface area contributed by atoms with Gasteiger partial charge < -0.3 is 14.4 Å². The molecule has 26 heavy (non-hydrogen) atoms. The molecule has 0 radical (unpaired) electrons. The number of benzene rings is 2. The summed E-state index contributed by atoms with van der Waals surface area (Å²) >= 11 is 0. The summed E-state index contributed by atoms with van der Waals surface area (Å²) in [7, 11) is 0. The normalized spacial score (nSPS) is 12.1. The zero-order valence-corrected chi connectivity index (χ0v) is 14.8. The molecule has 1 unspecified atom stereocenters. The maximum Gasteiger partial charge on any atom is 0.307 e. The quantitative estimate of drug-likeness (QED) is 0.536. The minimum absolute atomic E-state index is 0.109. The Morgan fingerprint density at radius 3 is 2.50 bits per heavy atom. The van der Waals surface area contributed by atoms with Crippen molar-refractivity contribution in [3.05, 3.63) is 65.9 Å². The lowest BCUT2D eigenvalue weighted by Gasteiger charge is -2.18. The fourth-order valence-electron chi connectivity index (χ4n) is 3.14. The van der Waals surface area contributed by atoms with E-state index in [4.69, 9.17) is 4.74 Å². The van der Waals surface area contributed by atoms with Crippen molar-refractivity contribution in [2.75, 3.05) is 6.61 Å². The van der Waals surface area contributed by atoms with Gasteiger partial charge in [-0.05, 0) is 50.2 Å². The molecule has 3 rings (SSSR count). The molecule has 0 amide bonds. The molecule has 0 saturated heterocycles. The predicted molar refractivity (Wildman–Crippen MR) is 99.4 cm³/mol. The number of fused-ring (bicyclic) bond motifs is 1. The third kappa shape index (κ3) is 3.47. The van der Waals surface area contributed by atoms with Crippen LogP contribution in [0.25, 0.3) is 10.9 Å². The minimum atomic E-state index is -0.291. The van der Waals surface area contributed by atoms with Crippen LogP contribution >= 0.6 is 0 Å². The molecule has 5 heteroatoms. The number of phenolic OH excluding ortho intramolecular Hbond substituents is 1. The fourth-order valence-corrected chi connectivity index (χ4v) is 3.14. The highest BCUT2D eigenvalue weighted by Gasteiger charge is 2.22.